The standard InChI is InChI=1S/C24H34N4O6.C14H16N2O4.C10H20N2O3.2CH4/c1-24(2,3)33-23(31)26-13-7-10-19(15-26)34-25-21(29)20-12-11-18-14-27(20)22(30)28(18)32-16-17-8-5-4-6-9-17;17-13(18)12-7-6-11-8-15(12)14(19)16(11)20-9-10-4-2-1-3-5-10;1-10(2,3)14-9(13)12-6-4-5-8(7-12)15-11;;/h4-6,8-9,18-20H,7,10-16H2,1-3H3,(H,25,29);1-5,11-12H,6-9H2,(H,17,18);8H,4-7,11H2,1-3H3;2*1H4/t18-,19+,20+;11-,12+;8-;;/m110../s1. The van der Waals surface area contributed by atoms with Gasteiger partial charge in [-0.2, -0.15) is 10.1 Å². The van der Waals surface area contributed by atoms with Crippen LogP contribution in [-0.4, -0.2) is 158 Å². The van der Waals surface area contributed by atoms with E-state index in [0.29, 0.717) is 71.6 Å². The number of amides is 7. The van der Waals surface area contributed by atoms with Gasteiger partial charge in [0.1, 0.15) is 42.6 Å². The highest BCUT2D eigenvalue weighted by Gasteiger charge is 2.49. The van der Waals surface area contributed by atoms with Crippen molar-refractivity contribution in [2.75, 3.05) is 39.3 Å². The number of nitrogens with one attached hydrogen (secondary N) is 1. The van der Waals surface area contributed by atoms with E-state index < -0.39 is 29.3 Å². The lowest BCUT2D eigenvalue weighted by atomic mass is 10.0. The maximum atomic E-state index is 12.9. The Morgan fingerprint density at radius 1 is 0.620 bits per heavy atom. The molecular formula is C50H78N8O13. The van der Waals surface area contributed by atoms with Gasteiger partial charge in [-0.15, -0.1) is 0 Å². The lowest BCUT2D eigenvalue weighted by molar-refractivity contribution is -0.146. The zero-order valence-electron chi connectivity index (χ0n) is 40.7. The summed E-state index contributed by atoms with van der Waals surface area (Å²) in [6, 6.07) is 17.2. The van der Waals surface area contributed by atoms with E-state index in [0.717, 1.165) is 43.4 Å². The fourth-order valence-corrected chi connectivity index (χ4v) is 8.84. The number of carbonyl (C=O) groups is 6. The van der Waals surface area contributed by atoms with Crippen LogP contribution in [0.2, 0.25) is 0 Å². The second-order valence-electron chi connectivity index (χ2n) is 20.0. The molecule has 2 aromatic rings. The van der Waals surface area contributed by atoms with Gasteiger partial charge in [0.15, 0.2) is 0 Å². The van der Waals surface area contributed by atoms with Crippen molar-refractivity contribution in [1.82, 2.24) is 35.2 Å². The smallest absolute Gasteiger partial charge is 0.410 e. The SMILES string of the molecule is C.C.CC(C)(C)OC(=O)N1CCC[C@H](ON)C1.CC(C)(C)OC(=O)N1CCC[C@H](ONC(=O)[C@@H]2CC[C@@H]3CN2C(=O)N3OCc2ccccc2)C1.O=C(O)[C@@H]1CC[C@@H]2CN1C(=O)N2OCc1ccccc1. The van der Waals surface area contributed by atoms with Gasteiger partial charge in [0, 0.05) is 26.2 Å². The second-order valence-corrected chi connectivity index (χ2v) is 20.0. The molecule has 6 aliphatic rings. The number of urea groups is 2. The first-order chi connectivity index (χ1) is 32.8. The quantitative estimate of drug-likeness (QED) is 0.195. The van der Waals surface area contributed by atoms with Crippen molar-refractivity contribution in [3.05, 3.63) is 71.8 Å². The number of likely N-dealkylation sites (tertiary alicyclic amines) is 2. The number of piperidine rings is 4. The molecule has 0 saturated carbocycles. The van der Waals surface area contributed by atoms with Gasteiger partial charge in [0.25, 0.3) is 5.91 Å². The average molecular weight is 999 g/mol. The summed E-state index contributed by atoms with van der Waals surface area (Å²) in [5.41, 5.74) is 3.47. The monoisotopic (exact) mass is 999 g/mol. The van der Waals surface area contributed by atoms with Gasteiger partial charge in [-0.3, -0.25) is 24.1 Å². The summed E-state index contributed by atoms with van der Waals surface area (Å²) in [5.74, 6) is 3.82. The fourth-order valence-electron chi connectivity index (χ4n) is 8.84. The Labute approximate surface area is 418 Å². The number of benzene rings is 2. The number of ether oxygens (including phenoxy) is 2. The van der Waals surface area contributed by atoms with Gasteiger partial charge in [-0.05, 0) is 104 Å². The Bertz CT molecular complexity index is 2060. The van der Waals surface area contributed by atoms with E-state index >= 15 is 0 Å². The van der Waals surface area contributed by atoms with Crippen molar-refractivity contribution in [2.45, 2.75) is 169 Å². The van der Waals surface area contributed by atoms with Crippen molar-refractivity contribution in [1.29, 1.82) is 0 Å². The van der Waals surface area contributed by atoms with Crippen molar-refractivity contribution in [2.24, 2.45) is 5.90 Å². The fraction of sp³-hybridized carbons (Fsp3) is 0.640. The first-order valence-electron chi connectivity index (χ1n) is 23.8. The average Bonchev–Trinajstić information content (AvgIpc) is 3.70. The lowest BCUT2D eigenvalue weighted by Gasteiger charge is -2.34. The first kappa shape index (κ1) is 57.8. The molecule has 0 aromatic heterocycles. The van der Waals surface area contributed by atoms with Crippen LogP contribution < -0.4 is 11.4 Å². The number of aliphatic carboxylic acids is 1. The molecule has 396 valence electrons. The van der Waals surface area contributed by atoms with Gasteiger partial charge in [-0.25, -0.2) is 35.3 Å². The normalized spacial score (nSPS) is 23.8. The molecular weight excluding hydrogens is 921 g/mol. The molecule has 2 aromatic carbocycles. The number of rotatable bonds is 11. The molecule has 6 aliphatic heterocycles. The number of carboxylic acid groups (broad SMARTS) is 1. The largest absolute Gasteiger partial charge is 0.480 e. The van der Waals surface area contributed by atoms with Gasteiger partial charge in [0.2, 0.25) is 0 Å². The number of hydroxylamine groups is 5. The minimum atomic E-state index is -0.943. The Hall–Kier alpha value is -5.74. The molecule has 0 radical (unpaired) electrons. The van der Waals surface area contributed by atoms with E-state index in [9.17, 15) is 28.8 Å². The van der Waals surface area contributed by atoms with Crippen LogP contribution in [0.3, 0.4) is 0 Å². The van der Waals surface area contributed by atoms with Gasteiger partial charge < -0.3 is 34.2 Å². The van der Waals surface area contributed by atoms with Crippen molar-refractivity contribution >= 4 is 36.1 Å². The molecule has 0 spiro atoms. The molecule has 6 fully saturated rings. The highest BCUT2D eigenvalue weighted by atomic mass is 16.7. The number of nitrogens with zero attached hydrogens (tertiary/aromatic N) is 6. The molecule has 6 heterocycles. The number of carboxylic acids is 1. The summed E-state index contributed by atoms with van der Waals surface area (Å²) in [7, 11) is 0. The summed E-state index contributed by atoms with van der Waals surface area (Å²) < 4.78 is 10.7. The van der Waals surface area contributed by atoms with Crippen LogP contribution in [0.1, 0.15) is 119 Å². The summed E-state index contributed by atoms with van der Waals surface area (Å²) in [6.45, 7) is 14.7. The third kappa shape index (κ3) is 16.4. The number of hydrogen-bond acceptors (Lipinski definition) is 13. The van der Waals surface area contributed by atoms with Crippen molar-refractivity contribution < 1.29 is 62.7 Å². The number of fused-ring (bicyclic) bond motifs is 4. The zero-order chi connectivity index (χ0) is 49.9. The van der Waals surface area contributed by atoms with Gasteiger partial charge in [-0.1, -0.05) is 75.5 Å². The Balaban J connectivity index is 0.000000251. The molecule has 4 N–H and O–H groups in total. The van der Waals surface area contributed by atoms with Crippen LogP contribution in [0.4, 0.5) is 19.2 Å². The summed E-state index contributed by atoms with van der Waals surface area (Å²) in [4.78, 5) is 101. The topological polar surface area (TPSA) is 236 Å². The third-order valence-corrected chi connectivity index (χ3v) is 12.2. The van der Waals surface area contributed by atoms with Crippen LogP contribution >= 0.6 is 0 Å². The van der Waals surface area contributed by atoms with Crippen molar-refractivity contribution in [3.63, 3.8) is 0 Å². The van der Waals surface area contributed by atoms with Gasteiger partial charge >= 0.3 is 30.2 Å². The summed E-state index contributed by atoms with van der Waals surface area (Å²) >= 11 is 0. The molecule has 0 unspecified atom stereocenters. The predicted molar refractivity (Wildman–Crippen MR) is 261 cm³/mol. The zero-order valence-corrected chi connectivity index (χ0v) is 40.7. The minimum Gasteiger partial charge on any atom is -0.480 e. The number of nitrogens with two attached hydrogens (primary N) is 1. The lowest BCUT2D eigenvalue weighted by Crippen LogP contribution is -2.52. The molecule has 7 amide bonds. The molecule has 21 nitrogen and oxygen atoms in total. The third-order valence-electron chi connectivity index (χ3n) is 12.2. The Morgan fingerprint density at radius 3 is 1.48 bits per heavy atom. The maximum absolute atomic E-state index is 12.9. The summed E-state index contributed by atoms with van der Waals surface area (Å²) in [6.07, 6.45) is 4.55. The first-order valence-corrected chi connectivity index (χ1v) is 23.8. The second kappa shape index (κ2) is 26.1. The van der Waals surface area contributed by atoms with Crippen LogP contribution in [0.25, 0.3) is 0 Å². The maximum Gasteiger partial charge on any atom is 0.410 e. The molecule has 71 heavy (non-hydrogen) atoms. The van der Waals surface area contributed by atoms with Crippen molar-refractivity contribution in [3.8, 4) is 0 Å². The van der Waals surface area contributed by atoms with E-state index in [-0.39, 0.29) is 69.3 Å². The minimum absolute atomic E-state index is 0. The number of carbonyl (C=O) groups excluding carboxylic acids is 5. The molecule has 21 heteroatoms. The van der Waals surface area contributed by atoms with Crippen LogP contribution in [0.15, 0.2) is 60.7 Å². The molecule has 4 bridgehead atoms. The van der Waals surface area contributed by atoms with Crippen LogP contribution in [0, 0.1) is 0 Å². The highest BCUT2D eigenvalue weighted by Crippen LogP contribution is 2.32. The Morgan fingerprint density at radius 2 is 1.04 bits per heavy atom. The predicted octanol–water partition coefficient (Wildman–Crippen LogP) is 6.85. The van der Waals surface area contributed by atoms with Crippen LogP contribution in [0.5, 0.6) is 0 Å². The van der Waals surface area contributed by atoms with E-state index in [1.54, 1.807) is 14.7 Å². The van der Waals surface area contributed by atoms with E-state index in [4.69, 9.17) is 39.8 Å². The Kier molecular flexibility index (Phi) is 21.3. The molecule has 6 atom stereocenters. The molecule has 0 aliphatic carbocycles. The highest BCUT2D eigenvalue weighted by molar-refractivity contribution is 5.88. The van der Waals surface area contributed by atoms with E-state index in [1.165, 1.54) is 15.0 Å². The summed E-state index contributed by atoms with van der Waals surface area (Å²) in [5, 5.41) is 11.9. The number of hydrogen-bond donors (Lipinski definition) is 3. The molecule has 8 rings (SSSR count). The van der Waals surface area contributed by atoms with E-state index in [1.807, 2.05) is 102 Å². The van der Waals surface area contributed by atoms with Crippen LogP contribution in [-0.2, 0) is 51.6 Å². The van der Waals surface area contributed by atoms with Gasteiger partial charge in [0.05, 0.1) is 31.3 Å². The van der Waals surface area contributed by atoms with E-state index in [2.05, 4.69) is 5.48 Å². The molecule has 6 saturated heterocycles.